The largest absolute Gasteiger partial charge is 0.493 e. The third-order valence-electron chi connectivity index (χ3n) is 3.24. The molecule has 25 heavy (non-hydrogen) atoms. The molecule has 2 aromatic rings. The van der Waals surface area contributed by atoms with E-state index in [0.29, 0.717) is 18.0 Å². The number of ether oxygens (including phenoxy) is 2. The Morgan fingerprint density at radius 3 is 2.92 bits per heavy atom. The first-order valence-electron chi connectivity index (χ1n) is 7.74. The number of aromatic nitrogens is 4. The number of benzene rings is 1. The van der Waals surface area contributed by atoms with E-state index in [1.165, 1.54) is 0 Å². The molecular weight excluding hydrogens is 344 g/mol. The zero-order valence-corrected chi connectivity index (χ0v) is 15.1. The van der Waals surface area contributed by atoms with Crippen molar-refractivity contribution in [3.8, 4) is 11.5 Å². The Hall–Kier alpha value is -2.33. The van der Waals surface area contributed by atoms with E-state index in [0.717, 1.165) is 29.4 Å². The van der Waals surface area contributed by atoms with Gasteiger partial charge in [0.2, 0.25) is 5.16 Å². The predicted octanol–water partition coefficient (Wildman–Crippen LogP) is 0.355. The Morgan fingerprint density at radius 2 is 2.24 bits per heavy atom. The number of hydrogen-bond acceptors (Lipinski definition) is 8. The number of primary amides is 1. The van der Waals surface area contributed by atoms with Crippen LogP contribution in [0.1, 0.15) is 12.0 Å². The average Bonchev–Trinajstić information content (AvgIpc) is 3.01. The first kappa shape index (κ1) is 19.0. The first-order valence-corrected chi connectivity index (χ1v) is 8.72. The van der Waals surface area contributed by atoms with Gasteiger partial charge in [-0.05, 0) is 41.1 Å². The zero-order chi connectivity index (χ0) is 18.1. The Balaban J connectivity index is 1.71. The fourth-order valence-corrected chi connectivity index (χ4v) is 2.82. The lowest BCUT2D eigenvalue weighted by Crippen LogP contribution is -2.20. The summed E-state index contributed by atoms with van der Waals surface area (Å²) in [6.45, 7) is 1.41. The first-order chi connectivity index (χ1) is 12.1. The van der Waals surface area contributed by atoms with Crippen LogP contribution in [0.2, 0.25) is 0 Å². The number of nitrogens with zero attached hydrogens (tertiary/aromatic N) is 4. The van der Waals surface area contributed by atoms with E-state index >= 15 is 0 Å². The summed E-state index contributed by atoms with van der Waals surface area (Å²) in [7, 11) is 3.38. The highest BCUT2D eigenvalue weighted by Crippen LogP contribution is 2.28. The van der Waals surface area contributed by atoms with Crippen molar-refractivity contribution in [2.75, 3.05) is 26.0 Å². The minimum atomic E-state index is -0.525. The molecule has 0 spiro atoms. The van der Waals surface area contributed by atoms with Gasteiger partial charge in [-0.3, -0.25) is 4.79 Å². The second-order valence-corrected chi connectivity index (χ2v) is 6.27. The molecule has 9 nitrogen and oxygen atoms in total. The molecule has 2 rings (SSSR count). The fourth-order valence-electron chi connectivity index (χ4n) is 2.03. The molecule has 136 valence electrons. The molecule has 0 fully saturated rings. The number of aryl methyl sites for hydroxylation is 1. The van der Waals surface area contributed by atoms with Gasteiger partial charge in [-0.2, -0.15) is 0 Å². The van der Waals surface area contributed by atoms with Gasteiger partial charge in [0, 0.05) is 19.3 Å². The summed E-state index contributed by atoms with van der Waals surface area (Å²) in [5.41, 5.74) is 6.14. The summed E-state index contributed by atoms with van der Waals surface area (Å²) < 4.78 is 12.3. The fraction of sp³-hybridized carbons (Fsp3) is 0.467. The van der Waals surface area contributed by atoms with Gasteiger partial charge in [-0.25, -0.2) is 4.68 Å². The molecule has 0 unspecified atom stereocenters. The molecule has 0 aliphatic carbocycles. The van der Waals surface area contributed by atoms with Gasteiger partial charge in [-0.1, -0.05) is 17.8 Å². The van der Waals surface area contributed by atoms with Gasteiger partial charge < -0.3 is 20.5 Å². The molecule has 1 amide bonds. The van der Waals surface area contributed by atoms with Gasteiger partial charge in [-0.15, -0.1) is 5.10 Å². The summed E-state index contributed by atoms with van der Waals surface area (Å²) in [5, 5.41) is 15.5. The van der Waals surface area contributed by atoms with Crippen LogP contribution in [0.5, 0.6) is 11.5 Å². The van der Waals surface area contributed by atoms with Crippen molar-refractivity contribution in [1.29, 1.82) is 0 Å². The molecule has 1 heterocycles. The SMILES string of the molecule is COc1cc(CNCCCSc2nnnn2C)ccc1OCC(N)=O. The van der Waals surface area contributed by atoms with Crippen molar-refractivity contribution < 1.29 is 14.3 Å². The van der Waals surface area contributed by atoms with Crippen LogP contribution in [0.25, 0.3) is 0 Å². The second-order valence-electron chi connectivity index (χ2n) is 5.20. The average molecular weight is 366 g/mol. The van der Waals surface area contributed by atoms with E-state index in [4.69, 9.17) is 15.2 Å². The van der Waals surface area contributed by atoms with E-state index in [1.807, 2.05) is 19.2 Å². The summed E-state index contributed by atoms with van der Waals surface area (Å²) in [4.78, 5) is 10.8. The molecule has 0 aliphatic rings. The minimum Gasteiger partial charge on any atom is -0.493 e. The standard InChI is InChI=1S/C15H22N6O3S/c1-21-15(18-19-20-21)25-7-3-6-17-9-11-4-5-12(13(8-11)23-2)24-10-14(16)22/h4-5,8,17H,3,6-7,9-10H2,1-2H3,(H2,16,22). The zero-order valence-electron chi connectivity index (χ0n) is 14.3. The lowest BCUT2D eigenvalue weighted by Gasteiger charge is -2.11. The number of hydrogen-bond donors (Lipinski definition) is 2. The van der Waals surface area contributed by atoms with E-state index < -0.39 is 5.91 Å². The van der Waals surface area contributed by atoms with Crippen LogP contribution in [-0.2, 0) is 18.4 Å². The predicted molar refractivity (Wildman–Crippen MR) is 93.5 cm³/mol. The number of thioether (sulfide) groups is 1. The maximum Gasteiger partial charge on any atom is 0.255 e. The Labute approximate surface area is 150 Å². The number of tetrazole rings is 1. The topological polar surface area (TPSA) is 117 Å². The molecule has 0 radical (unpaired) electrons. The van der Waals surface area contributed by atoms with Crippen molar-refractivity contribution in [3.05, 3.63) is 23.8 Å². The van der Waals surface area contributed by atoms with Crippen LogP contribution < -0.4 is 20.5 Å². The van der Waals surface area contributed by atoms with Crippen molar-refractivity contribution >= 4 is 17.7 Å². The van der Waals surface area contributed by atoms with E-state index in [9.17, 15) is 4.79 Å². The van der Waals surface area contributed by atoms with Gasteiger partial charge in [0.05, 0.1) is 7.11 Å². The highest BCUT2D eigenvalue weighted by atomic mass is 32.2. The Kier molecular flexibility index (Phi) is 7.48. The van der Waals surface area contributed by atoms with Gasteiger partial charge in [0.25, 0.3) is 5.91 Å². The number of amides is 1. The molecule has 10 heteroatoms. The summed E-state index contributed by atoms with van der Waals surface area (Å²) in [6.07, 6.45) is 0.995. The summed E-state index contributed by atoms with van der Waals surface area (Å²) in [6, 6.07) is 5.57. The number of nitrogens with one attached hydrogen (secondary N) is 1. The summed E-state index contributed by atoms with van der Waals surface area (Å²) in [5.74, 6) is 1.48. The second kappa shape index (κ2) is 9.84. The lowest BCUT2D eigenvalue weighted by molar-refractivity contribution is -0.119. The highest BCUT2D eigenvalue weighted by Gasteiger charge is 2.07. The van der Waals surface area contributed by atoms with E-state index in [-0.39, 0.29) is 6.61 Å². The lowest BCUT2D eigenvalue weighted by atomic mass is 10.2. The quantitative estimate of drug-likeness (QED) is 0.432. The number of rotatable bonds is 11. The maximum atomic E-state index is 10.8. The summed E-state index contributed by atoms with van der Waals surface area (Å²) >= 11 is 1.63. The van der Waals surface area contributed by atoms with Crippen molar-refractivity contribution in [2.45, 2.75) is 18.1 Å². The third-order valence-corrected chi connectivity index (χ3v) is 4.33. The number of nitrogens with two attached hydrogens (primary N) is 1. The molecule has 1 aromatic heterocycles. The number of carbonyl (C=O) groups excluding carboxylic acids is 1. The molecule has 0 saturated heterocycles. The molecule has 3 N–H and O–H groups in total. The molecule has 1 aromatic carbocycles. The number of carbonyl (C=O) groups is 1. The van der Waals surface area contributed by atoms with Crippen molar-refractivity contribution in [2.24, 2.45) is 12.8 Å². The number of methoxy groups -OCH3 is 1. The molecule has 0 saturated carbocycles. The molecule has 0 atom stereocenters. The van der Waals surface area contributed by atoms with Crippen LogP contribution in [0, 0.1) is 0 Å². The van der Waals surface area contributed by atoms with Gasteiger partial charge >= 0.3 is 0 Å². The van der Waals surface area contributed by atoms with Crippen LogP contribution in [0.15, 0.2) is 23.4 Å². The van der Waals surface area contributed by atoms with Crippen LogP contribution >= 0.6 is 11.8 Å². The van der Waals surface area contributed by atoms with Crippen LogP contribution in [-0.4, -0.2) is 52.1 Å². The Morgan fingerprint density at radius 1 is 1.40 bits per heavy atom. The molecule has 0 bridgehead atoms. The monoisotopic (exact) mass is 366 g/mol. The molecule has 0 aliphatic heterocycles. The van der Waals surface area contributed by atoms with Crippen LogP contribution in [0.4, 0.5) is 0 Å². The highest BCUT2D eigenvalue weighted by molar-refractivity contribution is 7.99. The van der Waals surface area contributed by atoms with Gasteiger partial charge in [0.1, 0.15) is 0 Å². The smallest absolute Gasteiger partial charge is 0.255 e. The van der Waals surface area contributed by atoms with Crippen LogP contribution in [0.3, 0.4) is 0 Å². The Bertz CT molecular complexity index is 694. The maximum absolute atomic E-state index is 10.8. The van der Waals surface area contributed by atoms with Crippen molar-refractivity contribution in [1.82, 2.24) is 25.5 Å². The van der Waals surface area contributed by atoms with E-state index in [2.05, 4.69) is 20.8 Å². The normalized spacial score (nSPS) is 10.6. The van der Waals surface area contributed by atoms with E-state index in [1.54, 1.807) is 29.6 Å². The van der Waals surface area contributed by atoms with Gasteiger partial charge in [0.15, 0.2) is 18.1 Å². The van der Waals surface area contributed by atoms with Crippen molar-refractivity contribution in [3.63, 3.8) is 0 Å². The molecular formula is C15H22N6O3S. The third kappa shape index (κ3) is 6.24. The minimum absolute atomic E-state index is 0.174.